The number of rotatable bonds is 5. The Morgan fingerprint density at radius 1 is 1.11 bits per heavy atom. The van der Waals surface area contributed by atoms with Crippen LogP contribution in [0.4, 0.5) is 0 Å². The lowest BCUT2D eigenvalue weighted by Gasteiger charge is -2.13. The van der Waals surface area contributed by atoms with E-state index < -0.39 is 5.91 Å². The van der Waals surface area contributed by atoms with Crippen molar-refractivity contribution in [2.24, 2.45) is 0 Å². The van der Waals surface area contributed by atoms with Crippen LogP contribution >= 0.6 is 11.3 Å². The summed E-state index contributed by atoms with van der Waals surface area (Å²) >= 11 is 1.58. The van der Waals surface area contributed by atoms with Crippen LogP contribution in [0, 0.1) is 0 Å². The third-order valence-electron chi connectivity index (χ3n) is 4.03. The molecule has 0 aliphatic rings. The van der Waals surface area contributed by atoms with Crippen molar-refractivity contribution in [2.75, 3.05) is 0 Å². The highest BCUT2D eigenvalue weighted by Crippen LogP contribution is 2.14. The summed E-state index contributed by atoms with van der Waals surface area (Å²) in [6.45, 7) is 3.63. The standard InChI is InChI=1S/C19H20N4O3S/c1-12(2)23-19(26)15-8-4-3-7-14(15)17(22-23)18(25)21-20-16(24)10-9-13-6-5-11-27-13/h3-8,11-12H,9-10H2,1-2H3,(H,20,24)(H,21,25). The summed E-state index contributed by atoms with van der Waals surface area (Å²) in [6, 6.07) is 10.5. The summed E-state index contributed by atoms with van der Waals surface area (Å²) in [5.41, 5.74) is 4.65. The summed E-state index contributed by atoms with van der Waals surface area (Å²) in [4.78, 5) is 38.2. The molecule has 0 saturated heterocycles. The fraction of sp³-hybridized carbons (Fsp3) is 0.263. The Labute approximate surface area is 160 Å². The maximum absolute atomic E-state index is 12.6. The summed E-state index contributed by atoms with van der Waals surface area (Å²) < 4.78 is 1.27. The van der Waals surface area contributed by atoms with Gasteiger partial charge < -0.3 is 0 Å². The minimum atomic E-state index is -0.565. The first-order valence-corrected chi connectivity index (χ1v) is 9.48. The van der Waals surface area contributed by atoms with Crippen molar-refractivity contribution in [1.29, 1.82) is 0 Å². The van der Waals surface area contributed by atoms with Gasteiger partial charge in [-0.2, -0.15) is 5.10 Å². The number of nitrogens with zero attached hydrogens (tertiary/aromatic N) is 2. The van der Waals surface area contributed by atoms with Gasteiger partial charge in [-0.05, 0) is 37.8 Å². The third kappa shape index (κ3) is 4.22. The first-order chi connectivity index (χ1) is 13.0. The monoisotopic (exact) mass is 384 g/mol. The van der Waals surface area contributed by atoms with Gasteiger partial charge in [-0.3, -0.25) is 25.2 Å². The molecule has 3 aromatic rings. The molecule has 2 amide bonds. The highest BCUT2D eigenvalue weighted by atomic mass is 32.1. The first kappa shape index (κ1) is 18.8. The number of nitrogens with one attached hydrogen (secondary N) is 2. The van der Waals surface area contributed by atoms with Gasteiger partial charge >= 0.3 is 0 Å². The Kier molecular flexibility index (Phi) is 5.66. The molecule has 0 saturated carbocycles. The van der Waals surface area contributed by atoms with Gasteiger partial charge in [0.05, 0.1) is 11.4 Å². The lowest BCUT2D eigenvalue weighted by molar-refractivity contribution is -0.121. The van der Waals surface area contributed by atoms with E-state index in [-0.39, 0.29) is 29.6 Å². The quantitative estimate of drug-likeness (QED) is 0.661. The molecule has 0 atom stereocenters. The maximum Gasteiger partial charge on any atom is 0.290 e. The van der Waals surface area contributed by atoms with Gasteiger partial charge in [-0.25, -0.2) is 4.68 Å². The number of thiophene rings is 1. The van der Waals surface area contributed by atoms with Crippen molar-refractivity contribution in [2.45, 2.75) is 32.7 Å². The summed E-state index contributed by atoms with van der Waals surface area (Å²) in [6.07, 6.45) is 0.874. The van der Waals surface area contributed by atoms with Crippen molar-refractivity contribution in [3.8, 4) is 0 Å². The van der Waals surface area contributed by atoms with E-state index in [4.69, 9.17) is 0 Å². The lowest BCUT2D eigenvalue weighted by Crippen LogP contribution is -2.43. The molecule has 3 rings (SSSR count). The Balaban J connectivity index is 1.76. The van der Waals surface area contributed by atoms with E-state index in [1.807, 2.05) is 31.4 Å². The normalized spacial score (nSPS) is 10.9. The van der Waals surface area contributed by atoms with Crippen LogP contribution in [0.3, 0.4) is 0 Å². The third-order valence-corrected chi connectivity index (χ3v) is 4.96. The van der Waals surface area contributed by atoms with Crippen molar-refractivity contribution < 1.29 is 9.59 Å². The molecule has 0 aliphatic heterocycles. The number of hydrazine groups is 1. The Bertz CT molecular complexity index is 1030. The van der Waals surface area contributed by atoms with E-state index in [0.717, 1.165) is 4.88 Å². The van der Waals surface area contributed by atoms with Crippen molar-refractivity contribution in [3.05, 3.63) is 62.7 Å². The number of fused-ring (bicyclic) bond motifs is 1. The molecule has 0 unspecified atom stereocenters. The van der Waals surface area contributed by atoms with E-state index in [1.54, 1.807) is 35.6 Å². The molecule has 0 radical (unpaired) electrons. The van der Waals surface area contributed by atoms with Crippen LogP contribution in [0.5, 0.6) is 0 Å². The molecular weight excluding hydrogens is 364 g/mol. The minimum Gasteiger partial charge on any atom is -0.273 e. The summed E-state index contributed by atoms with van der Waals surface area (Å²) in [7, 11) is 0. The van der Waals surface area contributed by atoms with E-state index in [2.05, 4.69) is 16.0 Å². The number of benzene rings is 1. The zero-order valence-corrected chi connectivity index (χ0v) is 15.9. The fourth-order valence-corrected chi connectivity index (χ4v) is 3.37. The van der Waals surface area contributed by atoms with Crippen molar-refractivity contribution >= 4 is 33.9 Å². The van der Waals surface area contributed by atoms with Crippen molar-refractivity contribution in [1.82, 2.24) is 20.6 Å². The molecule has 2 heterocycles. The molecule has 2 aromatic heterocycles. The molecule has 1 aromatic carbocycles. The van der Waals surface area contributed by atoms with E-state index in [0.29, 0.717) is 17.2 Å². The zero-order valence-electron chi connectivity index (χ0n) is 15.1. The van der Waals surface area contributed by atoms with Gasteiger partial charge in [0.15, 0.2) is 5.69 Å². The van der Waals surface area contributed by atoms with Gasteiger partial charge in [-0.15, -0.1) is 11.3 Å². The predicted octanol–water partition coefficient (Wildman–Crippen LogP) is 2.43. The maximum atomic E-state index is 12.6. The number of amides is 2. The molecule has 0 aliphatic carbocycles. The molecule has 27 heavy (non-hydrogen) atoms. The van der Waals surface area contributed by atoms with E-state index in [1.165, 1.54) is 4.68 Å². The Morgan fingerprint density at radius 3 is 2.52 bits per heavy atom. The number of aromatic nitrogens is 2. The second-order valence-corrected chi connectivity index (χ2v) is 7.35. The number of hydrogen-bond donors (Lipinski definition) is 2. The smallest absolute Gasteiger partial charge is 0.273 e. The molecular formula is C19H20N4O3S. The average molecular weight is 384 g/mol. The van der Waals surface area contributed by atoms with Gasteiger partial charge in [0, 0.05) is 16.7 Å². The Hall–Kier alpha value is -3.00. The number of carbonyl (C=O) groups excluding carboxylic acids is 2. The van der Waals surface area contributed by atoms with Crippen LogP contribution in [-0.2, 0) is 11.2 Å². The minimum absolute atomic E-state index is 0.0949. The van der Waals surface area contributed by atoms with E-state index >= 15 is 0 Å². The molecule has 140 valence electrons. The number of hydrogen-bond acceptors (Lipinski definition) is 5. The summed E-state index contributed by atoms with van der Waals surface area (Å²) in [5.74, 6) is -0.858. The first-order valence-electron chi connectivity index (χ1n) is 8.60. The molecule has 0 spiro atoms. The molecule has 2 N–H and O–H groups in total. The SMILES string of the molecule is CC(C)n1nc(C(=O)NNC(=O)CCc2cccs2)c2ccccc2c1=O. The highest BCUT2D eigenvalue weighted by molar-refractivity contribution is 7.09. The van der Waals surface area contributed by atoms with Crippen LogP contribution in [0.2, 0.25) is 0 Å². The van der Waals surface area contributed by atoms with Crippen LogP contribution in [0.1, 0.15) is 41.7 Å². The van der Waals surface area contributed by atoms with Crippen LogP contribution in [-0.4, -0.2) is 21.6 Å². The number of carbonyl (C=O) groups is 2. The van der Waals surface area contributed by atoms with Gasteiger partial charge in [0.2, 0.25) is 5.91 Å². The van der Waals surface area contributed by atoms with Crippen LogP contribution in [0.15, 0.2) is 46.6 Å². The largest absolute Gasteiger partial charge is 0.290 e. The molecule has 8 heteroatoms. The van der Waals surface area contributed by atoms with Crippen LogP contribution < -0.4 is 16.4 Å². The zero-order chi connectivity index (χ0) is 19.4. The average Bonchev–Trinajstić information content (AvgIpc) is 3.18. The Morgan fingerprint density at radius 2 is 1.85 bits per heavy atom. The fourth-order valence-electron chi connectivity index (χ4n) is 2.66. The molecule has 0 bridgehead atoms. The van der Waals surface area contributed by atoms with Crippen molar-refractivity contribution in [3.63, 3.8) is 0 Å². The molecule has 0 fully saturated rings. The second-order valence-electron chi connectivity index (χ2n) is 6.32. The van der Waals surface area contributed by atoms with E-state index in [9.17, 15) is 14.4 Å². The second kappa shape index (κ2) is 8.13. The topological polar surface area (TPSA) is 93.1 Å². The van der Waals surface area contributed by atoms with Gasteiger partial charge in [0.25, 0.3) is 11.5 Å². The lowest BCUT2D eigenvalue weighted by atomic mass is 10.1. The molecule has 7 nitrogen and oxygen atoms in total. The summed E-state index contributed by atoms with van der Waals surface area (Å²) in [5, 5.41) is 7.02. The predicted molar refractivity (Wildman–Crippen MR) is 105 cm³/mol. The number of aryl methyl sites for hydroxylation is 1. The highest BCUT2D eigenvalue weighted by Gasteiger charge is 2.18. The van der Waals surface area contributed by atoms with Gasteiger partial charge in [0.1, 0.15) is 0 Å². The van der Waals surface area contributed by atoms with Crippen LogP contribution in [0.25, 0.3) is 10.8 Å². The van der Waals surface area contributed by atoms with Gasteiger partial charge in [-0.1, -0.05) is 24.3 Å².